The van der Waals surface area contributed by atoms with Gasteiger partial charge in [0.05, 0.1) is 30.3 Å². The molecular formula is C25H27N3O4S. The maximum absolute atomic E-state index is 11.7. The van der Waals surface area contributed by atoms with Crippen LogP contribution in [0.5, 0.6) is 5.75 Å². The van der Waals surface area contributed by atoms with E-state index >= 15 is 0 Å². The first-order valence-electron chi connectivity index (χ1n) is 10.5. The molecule has 1 aromatic heterocycles. The number of aryl methyl sites for hydroxylation is 1. The summed E-state index contributed by atoms with van der Waals surface area (Å²) in [6.07, 6.45) is 1.12. The Kier molecular flexibility index (Phi) is 6.40. The van der Waals surface area contributed by atoms with Crippen LogP contribution in [0.15, 0.2) is 65.1 Å². The molecule has 4 rings (SSSR count). The van der Waals surface area contributed by atoms with E-state index in [2.05, 4.69) is 32.8 Å². The van der Waals surface area contributed by atoms with E-state index in [1.165, 1.54) is 0 Å². The molecule has 0 fully saturated rings. The van der Waals surface area contributed by atoms with E-state index in [0.717, 1.165) is 34.0 Å². The van der Waals surface area contributed by atoms with Gasteiger partial charge < -0.3 is 9.15 Å². The summed E-state index contributed by atoms with van der Waals surface area (Å²) in [5.74, 6) is 1.92. The number of aromatic nitrogens is 1. The van der Waals surface area contributed by atoms with E-state index < -0.39 is 10.0 Å². The van der Waals surface area contributed by atoms with Crippen molar-refractivity contribution in [2.24, 2.45) is 0 Å². The molecule has 4 aromatic rings. The number of nitrogens with one attached hydrogen (secondary N) is 1. The van der Waals surface area contributed by atoms with Gasteiger partial charge in [0.2, 0.25) is 15.9 Å². The molecule has 1 heterocycles. The van der Waals surface area contributed by atoms with Crippen LogP contribution >= 0.6 is 0 Å². The summed E-state index contributed by atoms with van der Waals surface area (Å²) in [6, 6.07) is 19.4. The van der Waals surface area contributed by atoms with Gasteiger partial charge in [-0.1, -0.05) is 42.5 Å². The number of para-hydroxylation sites is 1. The molecule has 33 heavy (non-hydrogen) atoms. The van der Waals surface area contributed by atoms with Crippen LogP contribution in [-0.2, 0) is 23.1 Å². The third-order valence-electron chi connectivity index (χ3n) is 5.41. The Hall–Kier alpha value is -3.36. The van der Waals surface area contributed by atoms with Crippen LogP contribution in [-0.4, -0.2) is 38.7 Å². The third-order valence-corrected chi connectivity index (χ3v) is 6.00. The molecule has 1 N–H and O–H groups in total. The van der Waals surface area contributed by atoms with Crippen molar-refractivity contribution >= 4 is 26.5 Å². The van der Waals surface area contributed by atoms with Crippen molar-refractivity contribution in [3.63, 3.8) is 0 Å². The van der Waals surface area contributed by atoms with Crippen molar-refractivity contribution in [3.8, 4) is 17.2 Å². The summed E-state index contributed by atoms with van der Waals surface area (Å²) < 4.78 is 37.6. The maximum Gasteiger partial charge on any atom is 0.229 e. The number of rotatable bonds is 8. The fourth-order valence-corrected chi connectivity index (χ4v) is 4.48. The molecule has 7 nitrogen and oxygen atoms in total. The number of nitrogens with zero attached hydrogens (tertiary/aromatic N) is 2. The van der Waals surface area contributed by atoms with Gasteiger partial charge in [0.1, 0.15) is 11.5 Å². The standard InChI is InChI=1S/C25H27N3O4S/c1-17-23(26-25(32-17)20-11-7-8-12-22(20)27-33(4,29)30)16-28(2)15-21-19-10-6-5-9-18(19)13-14-24(21)31-3/h5-14,27H,15-16H2,1-4H3. The molecule has 0 atom stereocenters. The summed E-state index contributed by atoms with van der Waals surface area (Å²) in [5.41, 5.74) is 2.93. The monoisotopic (exact) mass is 465 g/mol. The third kappa shape index (κ3) is 5.18. The van der Waals surface area contributed by atoms with E-state index in [-0.39, 0.29) is 0 Å². The molecular weight excluding hydrogens is 438 g/mol. The lowest BCUT2D eigenvalue weighted by atomic mass is 10.0. The molecule has 0 aliphatic rings. The fourth-order valence-electron chi connectivity index (χ4n) is 3.90. The topological polar surface area (TPSA) is 84.7 Å². The molecule has 0 aliphatic heterocycles. The smallest absolute Gasteiger partial charge is 0.229 e. The zero-order valence-corrected chi connectivity index (χ0v) is 19.9. The highest BCUT2D eigenvalue weighted by Crippen LogP contribution is 2.31. The molecule has 0 aliphatic carbocycles. The molecule has 0 saturated carbocycles. The summed E-state index contributed by atoms with van der Waals surface area (Å²) in [5, 5.41) is 2.32. The van der Waals surface area contributed by atoms with Crippen molar-refractivity contribution in [2.75, 3.05) is 25.1 Å². The van der Waals surface area contributed by atoms with Gasteiger partial charge in [-0.2, -0.15) is 0 Å². The van der Waals surface area contributed by atoms with Gasteiger partial charge >= 0.3 is 0 Å². The molecule has 0 bridgehead atoms. The Morgan fingerprint density at radius 2 is 1.76 bits per heavy atom. The van der Waals surface area contributed by atoms with Crippen molar-refractivity contribution < 1.29 is 17.6 Å². The van der Waals surface area contributed by atoms with Gasteiger partial charge in [0, 0.05) is 18.7 Å². The van der Waals surface area contributed by atoms with E-state index in [1.54, 1.807) is 25.3 Å². The number of hydrogen-bond acceptors (Lipinski definition) is 6. The highest BCUT2D eigenvalue weighted by molar-refractivity contribution is 7.92. The quantitative estimate of drug-likeness (QED) is 0.402. The molecule has 8 heteroatoms. The van der Waals surface area contributed by atoms with E-state index in [4.69, 9.17) is 9.15 Å². The average molecular weight is 466 g/mol. The lowest BCUT2D eigenvalue weighted by molar-refractivity contribution is 0.306. The van der Waals surface area contributed by atoms with Gasteiger partial charge in [0.25, 0.3) is 0 Å². The minimum atomic E-state index is -3.43. The lowest BCUT2D eigenvalue weighted by Gasteiger charge is -2.19. The molecule has 0 amide bonds. The second kappa shape index (κ2) is 9.25. The summed E-state index contributed by atoms with van der Waals surface area (Å²) in [6.45, 7) is 3.09. The number of ether oxygens (including phenoxy) is 1. The molecule has 3 aromatic carbocycles. The van der Waals surface area contributed by atoms with E-state index in [0.29, 0.717) is 36.0 Å². The maximum atomic E-state index is 11.7. The van der Waals surface area contributed by atoms with Gasteiger partial charge in [-0.25, -0.2) is 13.4 Å². The van der Waals surface area contributed by atoms with Crippen LogP contribution in [0.2, 0.25) is 0 Å². The number of methoxy groups -OCH3 is 1. The van der Waals surface area contributed by atoms with Crippen LogP contribution in [0.1, 0.15) is 17.0 Å². The normalized spacial score (nSPS) is 11.8. The predicted octanol–water partition coefficient (Wildman–Crippen LogP) is 4.82. The number of fused-ring (bicyclic) bond motifs is 1. The van der Waals surface area contributed by atoms with Gasteiger partial charge in [-0.15, -0.1) is 0 Å². The largest absolute Gasteiger partial charge is 0.496 e. The number of anilines is 1. The second-order valence-electron chi connectivity index (χ2n) is 8.08. The van der Waals surface area contributed by atoms with E-state index in [9.17, 15) is 8.42 Å². The molecule has 0 spiro atoms. The number of sulfonamides is 1. The summed E-state index contributed by atoms with van der Waals surface area (Å²) in [7, 11) is 0.277. The van der Waals surface area contributed by atoms with Crippen LogP contribution in [0, 0.1) is 6.92 Å². The number of hydrogen-bond donors (Lipinski definition) is 1. The minimum Gasteiger partial charge on any atom is -0.496 e. The predicted molar refractivity (Wildman–Crippen MR) is 131 cm³/mol. The number of oxazole rings is 1. The first kappa shape index (κ1) is 22.8. The van der Waals surface area contributed by atoms with Crippen molar-refractivity contribution in [1.29, 1.82) is 0 Å². The lowest BCUT2D eigenvalue weighted by Crippen LogP contribution is -2.18. The summed E-state index contributed by atoms with van der Waals surface area (Å²) in [4.78, 5) is 6.84. The molecule has 0 saturated heterocycles. The van der Waals surface area contributed by atoms with Crippen LogP contribution in [0.3, 0.4) is 0 Å². The first-order chi connectivity index (χ1) is 15.7. The summed E-state index contributed by atoms with van der Waals surface area (Å²) >= 11 is 0. The Labute approximate surface area is 194 Å². The first-order valence-corrected chi connectivity index (χ1v) is 12.4. The van der Waals surface area contributed by atoms with Crippen LogP contribution in [0.25, 0.3) is 22.2 Å². The van der Waals surface area contributed by atoms with Gasteiger partial charge in [-0.05, 0) is 42.9 Å². The van der Waals surface area contributed by atoms with Crippen molar-refractivity contribution in [3.05, 3.63) is 77.7 Å². The number of benzene rings is 3. The Morgan fingerprint density at radius 3 is 2.52 bits per heavy atom. The zero-order chi connectivity index (χ0) is 23.6. The van der Waals surface area contributed by atoms with Crippen LogP contribution in [0.4, 0.5) is 5.69 Å². The van der Waals surface area contributed by atoms with Gasteiger partial charge in [0.15, 0.2) is 0 Å². The highest BCUT2D eigenvalue weighted by Gasteiger charge is 2.18. The average Bonchev–Trinajstić information content (AvgIpc) is 3.13. The van der Waals surface area contributed by atoms with Crippen molar-refractivity contribution in [1.82, 2.24) is 9.88 Å². The fraction of sp³-hybridized carbons (Fsp3) is 0.240. The Morgan fingerprint density at radius 1 is 1.03 bits per heavy atom. The van der Waals surface area contributed by atoms with Crippen LogP contribution < -0.4 is 9.46 Å². The minimum absolute atomic E-state index is 0.380. The second-order valence-corrected chi connectivity index (χ2v) is 9.83. The van der Waals surface area contributed by atoms with Gasteiger partial charge in [-0.3, -0.25) is 9.62 Å². The molecule has 172 valence electrons. The Balaban J connectivity index is 1.60. The van der Waals surface area contributed by atoms with E-state index in [1.807, 2.05) is 38.2 Å². The zero-order valence-electron chi connectivity index (χ0n) is 19.1. The Bertz CT molecular complexity index is 1400. The SMILES string of the molecule is COc1ccc2ccccc2c1CN(C)Cc1nc(-c2ccccc2NS(C)(=O)=O)oc1C. The van der Waals surface area contributed by atoms with Crippen molar-refractivity contribution in [2.45, 2.75) is 20.0 Å². The molecule has 0 unspecified atom stereocenters. The highest BCUT2D eigenvalue weighted by atomic mass is 32.2. The molecule has 0 radical (unpaired) electrons.